The molecule has 1 atom stereocenters. The predicted molar refractivity (Wildman–Crippen MR) is 89.0 cm³/mol. The highest BCUT2D eigenvalue weighted by atomic mass is 19.4. The van der Waals surface area contributed by atoms with Gasteiger partial charge in [0.1, 0.15) is 11.5 Å². The third-order valence-corrected chi connectivity index (χ3v) is 3.34. The quantitative estimate of drug-likeness (QED) is 0.811. The second-order valence-electron chi connectivity index (χ2n) is 5.72. The minimum Gasteiger partial charge on any atom is -0.484 e. The van der Waals surface area contributed by atoms with E-state index in [1.165, 1.54) is 18.3 Å². The van der Waals surface area contributed by atoms with Gasteiger partial charge in [0.05, 0.1) is 17.9 Å². The molecule has 1 N–H and O–H groups in total. The van der Waals surface area contributed by atoms with Gasteiger partial charge in [-0.15, -0.1) is 0 Å². The molecule has 1 amide bonds. The fraction of sp³-hybridized carbons (Fsp3) is 0.333. The molecule has 2 aromatic rings. The summed E-state index contributed by atoms with van der Waals surface area (Å²) < 4.78 is 46.3. The minimum atomic E-state index is -4.41. The van der Waals surface area contributed by atoms with Crippen LogP contribution in [0.1, 0.15) is 24.2 Å². The van der Waals surface area contributed by atoms with Crippen molar-refractivity contribution in [2.75, 3.05) is 13.2 Å². The second kappa shape index (κ2) is 8.55. The number of pyridine rings is 1. The van der Waals surface area contributed by atoms with Gasteiger partial charge in [-0.2, -0.15) is 13.2 Å². The fourth-order valence-electron chi connectivity index (χ4n) is 2.11. The lowest BCUT2D eigenvalue weighted by molar-refractivity contribution is -0.153. The van der Waals surface area contributed by atoms with Crippen LogP contribution in [0.15, 0.2) is 42.6 Å². The summed E-state index contributed by atoms with van der Waals surface area (Å²) in [6, 6.07) is 9.77. The van der Waals surface area contributed by atoms with Gasteiger partial charge in [0.2, 0.25) is 0 Å². The maximum Gasteiger partial charge on any atom is 0.422 e. The van der Waals surface area contributed by atoms with Crippen molar-refractivity contribution in [3.63, 3.8) is 0 Å². The van der Waals surface area contributed by atoms with E-state index in [0.717, 1.165) is 5.56 Å². The number of ether oxygens (including phenoxy) is 2. The van der Waals surface area contributed by atoms with Crippen LogP contribution in [-0.4, -0.2) is 30.3 Å². The molecule has 0 saturated heterocycles. The number of aromatic nitrogens is 1. The lowest BCUT2D eigenvalue weighted by Gasteiger charge is -2.15. The molecule has 5 nitrogen and oxygen atoms in total. The Morgan fingerprint density at radius 3 is 2.58 bits per heavy atom. The SMILES string of the molecule is Cc1cccc(OCC(=O)NC(C)c2ccc(OCC(F)(F)F)cn2)c1. The zero-order chi connectivity index (χ0) is 19.2. The summed E-state index contributed by atoms with van der Waals surface area (Å²) >= 11 is 0. The van der Waals surface area contributed by atoms with Gasteiger partial charge in [0.15, 0.2) is 13.2 Å². The highest BCUT2D eigenvalue weighted by Crippen LogP contribution is 2.19. The highest BCUT2D eigenvalue weighted by Gasteiger charge is 2.28. The molecular weight excluding hydrogens is 349 g/mol. The van der Waals surface area contributed by atoms with Crippen molar-refractivity contribution in [3.8, 4) is 11.5 Å². The molecule has 0 aliphatic carbocycles. The van der Waals surface area contributed by atoms with E-state index in [1.807, 2.05) is 25.1 Å². The molecule has 0 aliphatic rings. The van der Waals surface area contributed by atoms with Crippen molar-refractivity contribution in [3.05, 3.63) is 53.9 Å². The van der Waals surface area contributed by atoms with Gasteiger partial charge in [-0.05, 0) is 43.7 Å². The maximum atomic E-state index is 12.1. The van der Waals surface area contributed by atoms with E-state index >= 15 is 0 Å². The molecule has 0 fully saturated rings. The number of nitrogens with zero attached hydrogens (tertiary/aromatic N) is 1. The van der Waals surface area contributed by atoms with Crippen molar-refractivity contribution < 1.29 is 27.4 Å². The molecule has 1 aromatic carbocycles. The number of aryl methyl sites for hydroxylation is 1. The fourth-order valence-corrected chi connectivity index (χ4v) is 2.11. The van der Waals surface area contributed by atoms with E-state index in [0.29, 0.717) is 11.4 Å². The van der Waals surface area contributed by atoms with Crippen LogP contribution in [0.5, 0.6) is 11.5 Å². The number of hydrogen-bond donors (Lipinski definition) is 1. The molecule has 8 heteroatoms. The first-order chi connectivity index (χ1) is 12.2. The second-order valence-corrected chi connectivity index (χ2v) is 5.72. The number of carbonyl (C=O) groups excluding carboxylic acids is 1. The Morgan fingerprint density at radius 1 is 1.19 bits per heavy atom. The van der Waals surface area contributed by atoms with Gasteiger partial charge in [0.25, 0.3) is 5.91 Å². The summed E-state index contributed by atoms with van der Waals surface area (Å²) in [7, 11) is 0. The normalized spacial score (nSPS) is 12.3. The van der Waals surface area contributed by atoms with E-state index < -0.39 is 18.8 Å². The number of carbonyl (C=O) groups is 1. The molecular formula is C18H19F3N2O3. The molecule has 1 heterocycles. The van der Waals surface area contributed by atoms with E-state index in [-0.39, 0.29) is 18.3 Å². The van der Waals surface area contributed by atoms with Crippen LogP contribution >= 0.6 is 0 Å². The van der Waals surface area contributed by atoms with Crippen molar-refractivity contribution in [1.29, 1.82) is 0 Å². The summed E-state index contributed by atoms with van der Waals surface area (Å²) in [6.07, 6.45) is -3.22. The monoisotopic (exact) mass is 368 g/mol. The number of nitrogens with one attached hydrogen (secondary N) is 1. The molecule has 1 aromatic heterocycles. The van der Waals surface area contributed by atoms with Crippen LogP contribution in [0.3, 0.4) is 0 Å². The zero-order valence-electron chi connectivity index (χ0n) is 14.3. The van der Waals surface area contributed by atoms with Gasteiger partial charge >= 0.3 is 6.18 Å². The van der Waals surface area contributed by atoms with Crippen LogP contribution in [0.25, 0.3) is 0 Å². The topological polar surface area (TPSA) is 60.5 Å². The number of benzene rings is 1. The van der Waals surface area contributed by atoms with E-state index in [9.17, 15) is 18.0 Å². The van der Waals surface area contributed by atoms with Crippen LogP contribution < -0.4 is 14.8 Å². The first-order valence-electron chi connectivity index (χ1n) is 7.87. The van der Waals surface area contributed by atoms with Crippen LogP contribution in [0.2, 0.25) is 0 Å². The van der Waals surface area contributed by atoms with Gasteiger partial charge < -0.3 is 14.8 Å². The van der Waals surface area contributed by atoms with Crippen molar-refractivity contribution >= 4 is 5.91 Å². The molecule has 0 spiro atoms. The van der Waals surface area contributed by atoms with Crippen molar-refractivity contribution in [2.45, 2.75) is 26.1 Å². The molecule has 26 heavy (non-hydrogen) atoms. The summed E-state index contributed by atoms with van der Waals surface area (Å²) in [5.74, 6) is 0.266. The van der Waals surface area contributed by atoms with E-state index in [4.69, 9.17) is 4.74 Å². The average Bonchev–Trinajstić information content (AvgIpc) is 2.58. The highest BCUT2D eigenvalue weighted by molar-refractivity contribution is 5.77. The number of alkyl halides is 3. The number of rotatable bonds is 7. The number of amides is 1. The minimum absolute atomic E-state index is 0.00684. The lowest BCUT2D eigenvalue weighted by atomic mass is 10.2. The Kier molecular flexibility index (Phi) is 6.43. The standard InChI is InChI=1S/C18H19F3N2O3/c1-12-4-3-5-14(8-12)25-10-17(24)23-13(2)16-7-6-15(9-22-16)26-11-18(19,20)21/h3-9,13H,10-11H2,1-2H3,(H,23,24). The summed E-state index contributed by atoms with van der Waals surface area (Å²) in [6.45, 7) is 2.10. The molecule has 0 aliphatic heterocycles. The zero-order valence-corrected chi connectivity index (χ0v) is 14.3. The summed E-state index contributed by atoms with van der Waals surface area (Å²) in [5, 5.41) is 2.71. The molecule has 140 valence electrons. The Balaban J connectivity index is 1.82. The van der Waals surface area contributed by atoms with Crippen LogP contribution in [0.4, 0.5) is 13.2 Å². The third-order valence-electron chi connectivity index (χ3n) is 3.34. The predicted octanol–water partition coefficient (Wildman–Crippen LogP) is 3.59. The number of hydrogen-bond acceptors (Lipinski definition) is 4. The van der Waals surface area contributed by atoms with Gasteiger partial charge in [0, 0.05) is 0 Å². The van der Waals surface area contributed by atoms with Gasteiger partial charge in [-0.1, -0.05) is 12.1 Å². The molecule has 1 unspecified atom stereocenters. The molecule has 0 radical (unpaired) electrons. The summed E-state index contributed by atoms with van der Waals surface area (Å²) in [4.78, 5) is 16.0. The Morgan fingerprint density at radius 2 is 1.96 bits per heavy atom. The third kappa shape index (κ3) is 6.62. The molecule has 2 rings (SSSR count). The Bertz CT molecular complexity index is 733. The number of halogens is 3. The largest absolute Gasteiger partial charge is 0.484 e. The Hall–Kier alpha value is -2.77. The average molecular weight is 368 g/mol. The van der Waals surface area contributed by atoms with Gasteiger partial charge in [-0.3, -0.25) is 9.78 Å². The first-order valence-corrected chi connectivity index (χ1v) is 7.87. The summed E-state index contributed by atoms with van der Waals surface area (Å²) in [5.41, 5.74) is 1.52. The lowest BCUT2D eigenvalue weighted by Crippen LogP contribution is -2.31. The van der Waals surface area contributed by atoms with Crippen molar-refractivity contribution in [1.82, 2.24) is 10.3 Å². The first kappa shape index (κ1) is 19.6. The smallest absolute Gasteiger partial charge is 0.422 e. The van der Waals surface area contributed by atoms with Crippen molar-refractivity contribution in [2.24, 2.45) is 0 Å². The van der Waals surface area contributed by atoms with Crippen LogP contribution in [0, 0.1) is 6.92 Å². The van der Waals surface area contributed by atoms with E-state index in [2.05, 4.69) is 15.0 Å². The van der Waals surface area contributed by atoms with E-state index in [1.54, 1.807) is 13.0 Å². The molecule has 0 saturated carbocycles. The van der Waals surface area contributed by atoms with Gasteiger partial charge in [-0.25, -0.2) is 0 Å². The maximum absolute atomic E-state index is 12.1. The van der Waals surface area contributed by atoms with Crippen LogP contribution in [-0.2, 0) is 4.79 Å². The molecule has 0 bridgehead atoms. The Labute approximate surface area is 149 Å².